The van der Waals surface area contributed by atoms with Gasteiger partial charge in [0, 0.05) is 77.2 Å². The first-order valence-corrected chi connectivity index (χ1v) is 27.8. The van der Waals surface area contributed by atoms with Gasteiger partial charge in [0.1, 0.15) is 17.0 Å². The van der Waals surface area contributed by atoms with Crippen LogP contribution in [0.2, 0.25) is 0 Å². The van der Waals surface area contributed by atoms with E-state index in [0.29, 0.717) is 103 Å². The SMILES string of the molecule is COc1cccc(OC)c1-c1cc(C(=O)NC2(C(=O)O)C3CC4CC(C3)CC2C4)nn1-c1ccc(C(=O)N(C)CCCN(C)C(=S)Nc2ccc(CC3CN(CC(=O)O)CCN(CC(=O)O)CCN3CC(=O)O)cc2)cc1C(C)C. The normalized spacial score (nSPS) is 22.2. The Morgan fingerprint density at radius 2 is 1.34 bits per heavy atom. The number of nitrogens with zero attached hydrogens (tertiary/aromatic N) is 7. The van der Waals surface area contributed by atoms with Gasteiger partial charge in [0.05, 0.1) is 50.8 Å². The van der Waals surface area contributed by atoms with E-state index in [9.17, 15) is 49.2 Å². The Bertz CT molecular complexity index is 2900. The number of carbonyl (C=O) groups excluding carboxylic acids is 2. The van der Waals surface area contributed by atoms with Crippen molar-refractivity contribution in [3.05, 3.63) is 89.1 Å². The van der Waals surface area contributed by atoms with E-state index in [1.54, 1.807) is 75.9 Å². The summed E-state index contributed by atoms with van der Waals surface area (Å²) in [5.74, 6) is -3.35. The lowest BCUT2D eigenvalue weighted by molar-refractivity contribution is -0.163. The smallest absolute Gasteiger partial charge is 0.330 e. The summed E-state index contributed by atoms with van der Waals surface area (Å²) in [6, 6.07) is 19.6. The summed E-state index contributed by atoms with van der Waals surface area (Å²) >= 11 is 5.77. The quantitative estimate of drug-likeness (QED) is 0.0526. The highest BCUT2D eigenvalue weighted by atomic mass is 32.1. The number of hydrogen-bond acceptors (Lipinski definition) is 13. The van der Waals surface area contributed by atoms with E-state index in [0.717, 1.165) is 48.9 Å². The highest BCUT2D eigenvalue weighted by molar-refractivity contribution is 7.80. The number of ether oxygens (including phenoxy) is 2. The van der Waals surface area contributed by atoms with Crippen molar-refractivity contribution in [3.63, 3.8) is 0 Å². The fraction of sp³-hybridized carbons (Fsp3) is 0.517. The van der Waals surface area contributed by atoms with Crippen molar-refractivity contribution >= 4 is 58.7 Å². The van der Waals surface area contributed by atoms with Crippen LogP contribution < -0.4 is 20.1 Å². The van der Waals surface area contributed by atoms with Gasteiger partial charge in [-0.05, 0) is 146 Å². The van der Waals surface area contributed by atoms with E-state index in [1.807, 2.05) is 62.2 Å². The molecule has 2 heterocycles. The number of amides is 2. The molecule has 0 spiro atoms. The monoisotopic (exact) mass is 1120 g/mol. The number of anilines is 1. The van der Waals surface area contributed by atoms with E-state index >= 15 is 0 Å². The molecule has 22 heteroatoms. The molecule has 430 valence electrons. The average molecular weight is 1120 g/mol. The molecule has 1 aliphatic heterocycles. The summed E-state index contributed by atoms with van der Waals surface area (Å²) in [6.45, 7) is 5.71. The molecule has 4 saturated carbocycles. The van der Waals surface area contributed by atoms with E-state index in [2.05, 4.69) is 10.6 Å². The van der Waals surface area contributed by atoms with Crippen molar-refractivity contribution in [1.29, 1.82) is 0 Å². The fourth-order valence-electron chi connectivity index (χ4n) is 12.9. The number of rotatable bonds is 22. The summed E-state index contributed by atoms with van der Waals surface area (Å²) in [6.07, 6.45) is 5.26. The Morgan fingerprint density at radius 1 is 0.750 bits per heavy atom. The third-order valence-corrected chi connectivity index (χ3v) is 17.1. The van der Waals surface area contributed by atoms with Gasteiger partial charge in [-0.3, -0.25) is 38.7 Å². The maximum atomic E-state index is 14.5. The zero-order valence-corrected chi connectivity index (χ0v) is 47.2. The third kappa shape index (κ3) is 13.4. The summed E-state index contributed by atoms with van der Waals surface area (Å²) in [5.41, 5.74) is 3.16. The second-order valence-electron chi connectivity index (χ2n) is 22.4. The van der Waals surface area contributed by atoms with Crippen LogP contribution in [0.25, 0.3) is 16.9 Å². The van der Waals surface area contributed by atoms with Gasteiger partial charge in [-0.15, -0.1) is 0 Å². The minimum Gasteiger partial charge on any atom is -0.496 e. The fourth-order valence-corrected chi connectivity index (χ4v) is 13.1. The van der Waals surface area contributed by atoms with Crippen LogP contribution >= 0.6 is 12.2 Å². The minimum atomic E-state index is -1.38. The van der Waals surface area contributed by atoms with E-state index in [1.165, 1.54) is 0 Å². The van der Waals surface area contributed by atoms with Crippen LogP contribution in [0.1, 0.15) is 90.3 Å². The molecule has 21 nitrogen and oxygen atoms in total. The van der Waals surface area contributed by atoms with Crippen molar-refractivity contribution in [3.8, 4) is 28.4 Å². The summed E-state index contributed by atoms with van der Waals surface area (Å²) in [5, 5.41) is 51.5. The maximum Gasteiger partial charge on any atom is 0.330 e. The Morgan fingerprint density at radius 3 is 1.93 bits per heavy atom. The van der Waals surface area contributed by atoms with Gasteiger partial charge in [0.2, 0.25) is 0 Å². The van der Waals surface area contributed by atoms with Gasteiger partial charge >= 0.3 is 23.9 Å². The molecular weight excluding hydrogens is 1050 g/mol. The highest BCUT2D eigenvalue weighted by Crippen LogP contribution is 2.58. The van der Waals surface area contributed by atoms with Gasteiger partial charge in [-0.1, -0.05) is 32.0 Å². The van der Waals surface area contributed by atoms with Gasteiger partial charge in [-0.25, -0.2) is 9.48 Å². The molecule has 4 aliphatic carbocycles. The van der Waals surface area contributed by atoms with Gasteiger partial charge < -0.3 is 50.3 Å². The van der Waals surface area contributed by atoms with Crippen LogP contribution in [-0.4, -0.2) is 201 Å². The number of benzene rings is 3. The summed E-state index contributed by atoms with van der Waals surface area (Å²) in [7, 11) is 6.70. The lowest BCUT2D eigenvalue weighted by Gasteiger charge is -2.59. The lowest BCUT2D eigenvalue weighted by Crippen LogP contribution is -2.70. The molecule has 1 atom stereocenters. The van der Waals surface area contributed by atoms with Crippen molar-refractivity contribution < 1.29 is 58.7 Å². The molecule has 3 aromatic carbocycles. The molecule has 9 rings (SSSR count). The Balaban J connectivity index is 0.927. The largest absolute Gasteiger partial charge is 0.496 e. The topological polar surface area (TPSA) is 260 Å². The van der Waals surface area contributed by atoms with Crippen LogP contribution in [0.4, 0.5) is 5.69 Å². The van der Waals surface area contributed by atoms with Crippen molar-refractivity contribution in [2.24, 2.45) is 23.7 Å². The maximum absolute atomic E-state index is 14.5. The number of nitrogens with one attached hydrogen (secondary N) is 2. The van der Waals surface area contributed by atoms with Crippen LogP contribution in [0, 0.1) is 23.7 Å². The van der Waals surface area contributed by atoms with Crippen LogP contribution in [-0.2, 0) is 25.6 Å². The molecule has 4 aromatic rings. The van der Waals surface area contributed by atoms with Crippen molar-refractivity contribution in [2.75, 3.05) is 99.1 Å². The average Bonchev–Trinajstić information content (AvgIpc) is 4.03. The van der Waals surface area contributed by atoms with E-state index in [4.69, 9.17) is 26.8 Å². The summed E-state index contributed by atoms with van der Waals surface area (Å²) in [4.78, 5) is 86.0. The zero-order valence-electron chi connectivity index (χ0n) is 46.4. The predicted molar refractivity (Wildman–Crippen MR) is 303 cm³/mol. The second-order valence-corrected chi connectivity index (χ2v) is 22.8. The van der Waals surface area contributed by atoms with Gasteiger partial charge in [0.25, 0.3) is 11.8 Å². The minimum absolute atomic E-state index is 0.0396. The number of aliphatic carboxylic acids is 4. The summed E-state index contributed by atoms with van der Waals surface area (Å²) < 4.78 is 13.3. The first-order chi connectivity index (χ1) is 38.2. The van der Waals surface area contributed by atoms with E-state index in [-0.39, 0.29) is 61.6 Å². The number of carboxylic acid groups (broad SMARTS) is 4. The van der Waals surface area contributed by atoms with Crippen LogP contribution in [0.5, 0.6) is 11.5 Å². The molecule has 6 N–H and O–H groups in total. The molecule has 1 saturated heterocycles. The number of carbonyl (C=O) groups is 6. The molecule has 80 heavy (non-hydrogen) atoms. The first-order valence-electron chi connectivity index (χ1n) is 27.4. The lowest BCUT2D eigenvalue weighted by atomic mass is 9.48. The first kappa shape index (κ1) is 59.0. The number of thiocarbonyl (C=S) groups is 1. The molecular formula is C58H75N9O12S. The van der Waals surface area contributed by atoms with Crippen LogP contribution in [0.3, 0.4) is 0 Å². The molecule has 0 radical (unpaired) electrons. The molecule has 5 fully saturated rings. The van der Waals surface area contributed by atoms with Crippen LogP contribution in [0.15, 0.2) is 66.7 Å². The third-order valence-electron chi connectivity index (χ3n) is 16.7. The molecule has 1 aromatic heterocycles. The Labute approximate surface area is 471 Å². The number of hydrogen-bond donors (Lipinski definition) is 6. The number of aromatic nitrogens is 2. The Hall–Kier alpha value is -7.14. The van der Waals surface area contributed by atoms with Crippen molar-refractivity contribution in [2.45, 2.75) is 76.3 Å². The molecule has 4 bridgehead atoms. The Kier molecular flexibility index (Phi) is 18.8. The number of methoxy groups -OCH3 is 2. The standard InChI is InChI=1S/C58H75N9O12S/c1-35(2)44-29-39(13-16-46(44)67-47(53-48(78-5)9-7-10-49(53)79-6)30-45(61-67)54(74)60-58(56(76)77)40-24-37-23-38(26-40)27-41(58)25-37)55(75)62(3)17-8-18-63(4)57(80)59-42-14-11-36(12-15-42)28-43-31-65(33-51(70)71)20-19-64(32-50(68)69)21-22-66(43)34-52(72)73/h7,9-16,29-30,35,37-38,40-41,43H,8,17-28,31-34H2,1-6H3,(H,59,80)(H,60,74)(H,68,69)(H,70,71)(H,72,73)(H,76,77). The number of carboxylic acids is 4. The van der Waals surface area contributed by atoms with E-state index < -0.39 is 35.3 Å². The highest BCUT2D eigenvalue weighted by Gasteiger charge is 2.62. The zero-order chi connectivity index (χ0) is 57.6. The van der Waals surface area contributed by atoms with Gasteiger partial charge in [-0.2, -0.15) is 5.10 Å². The molecule has 5 aliphatic rings. The second kappa shape index (κ2) is 25.5. The molecule has 2 amide bonds. The molecule has 1 unspecified atom stereocenters. The predicted octanol–water partition coefficient (Wildman–Crippen LogP) is 5.56. The van der Waals surface area contributed by atoms with Gasteiger partial charge in [0.15, 0.2) is 10.8 Å². The van der Waals surface area contributed by atoms with Crippen molar-refractivity contribution in [1.82, 2.24) is 39.6 Å².